The highest BCUT2D eigenvalue weighted by Crippen LogP contribution is 2.23. The SMILES string of the molecule is Cc1cc(NC(=O)c2cccc([N+](=O)[O-])c2C)cnc1Br. The summed E-state index contributed by atoms with van der Waals surface area (Å²) in [6, 6.07) is 6.18. The van der Waals surface area contributed by atoms with Gasteiger partial charge in [-0.3, -0.25) is 14.9 Å². The number of aromatic nitrogens is 1. The third-order valence-electron chi connectivity index (χ3n) is 3.02. The maximum atomic E-state index is 12.2. The number of nitrogens with zero attached hydrogens (tertiary/aromatic N) is 2. The molecule has 7 heteroatoms. The molecule has 1 amide bonds. The monoisotopic (exact) mass is 349 g/mol. The van der Waals surface area contributed by atoms with Gasteiger partial charge in [-0.1, -0.05) is 6.07 Å². The standard InChI is InChI=1S/C14H12BrN3O3/c1-8-6-10(7-16-13(8)15)17-14(19)11-4-3-5-12(9(11)2)18(20)21/h3-7H,1-2H3,(H,17,19). The number of amides is 1. The van der Waals surface area contributed by atoms with Crippen LogP contribution in [0, 0.1) is 24.0 Å². The van der Waals surface area contributed by atoms with Gasteiger partial charge in [-0.15, -0.1) is 0 Å². The second-order valence-electron chi connectivity index (χ2n) is 4.49. The minimum Gasteiger partial charge on any atom is -0.321 e. The molecule has 0 bridgehead atoms. The van der Waals surface area contributed by atoms with E-state index in [2.05, 4.69) is 26.2 Å². The van der Waals surface area contributed by atoms with Crippen molar-refractivity contribution in [1.82, 2.24) is 4.98 Å². The number of anilines is 1. The summed E-state index contributed by atoms with van der Waals surface area (Å²) in [6.07, 6.45) is 1.52. The van der Waals surface area contributed by atoms with Gasteiger partial charge >= 0.3 is 0 Å². The molecular weight excluding hydrogens is 338 g/mol. The normalized spacial score (nSPS) is 10.2. The Morgan fingerprint density at radius 2 is 2.10 bits per heavy atom. The van der Waals surface area contributed by atoms with Crippen LogP contribution in [-0.2, 0) is 0 Å². The van der Waals surface area contributed by atoms with E-state index in [9.17, 15) is 14.9 Å². The third-order valence-corrected chi connectivity index (χ3v) is 3.85. The maximum Gasteiger partial charge on any atom is 0.273 e. The van der Waals surface area contributed by atoms with Crippen molar-refractivity contribution in [3.05, 3.63) is 61.9 Å². The van der Waals surface area contributed by atoms with Crippen LogP contribution in [-0.4, -0.2) is 15.8 Å². The Hall–Kier alpha value is -2.28. The van der Waals surface area contributed by atoms with Crippen LogP contribution in [0.5, 0.6) is 0 Å². The molecule has 1 heterocycles. The first kappa shape index (κ1) is 15.1. The number of carbonyl (C=O) groups excluding carboxylic acids is 1. The number of hydrogen-bond donors (Lipinski definition) is 1. The minimum absolute atomic E-state index is 0.0761. The number of hydrogen-bond acceptors (Lipinski definition) is 4. The van der Waals surface area contributed by atoms with Gasteiger partial charge in [-0.25, -0.2) is 4.98 Å². The first-order chi connectivity index (χ1) is 9.90. The molecule has 1 aromatic carbocycles. The van der Waals surface area contributed by atoms with Crippen LogP contribution in [0.15, 0.2) is 35.1 Å². The Balaban J connectivity index is 2.30. The fourth-order valence-electron chi connectivity index (χ4n) is 1.89. The molecule has 0 aliphatic rings. The summed E-state index contributed by atoms with van der Waals surface area (Å²) in [4.78, 5) is 26.7. The Kier molecular flexibility index (Phi) is 4.32. The molecule has 2 rings (SSSR count). The Labute approximate surface area is 129 Å². The lowest BCUT2D eigenvalue weighted by atomic mass is 10.1. The molecule has 1 aromatic heterocycles. The van der Waals surface area contributed by atoms with Gasteiger partial charge in [0.25, 0.3) is 11.6 Å². The number of carbonyl (C=O) groups is 1. The van der Waals surface area contributed by atoms with Crippen molar-refractivity contribution in [3.63, 3.8) is 0 Å². The molecule has 2 aromatic rings. The van der Waals surface area contributed by atoms with Crippen LogP contribution in [0.2, 0.25) is 0 Å². The molecule has 1 N–H and O–H groups in total. The second-order valence-corrected chi connectivity index (χ2v) is 5.24. The summed E-state index contributed by atoms with van der Waals surface area (Å²) >= 11 is 3.28. The van der Waals surface area contributed by atoms with Gasteiger partial charge in [0, 0.05) is 17.2 Å². The maximum absolute atomic E-state index is 12.2. The smallest absolute Gasteiger partial charge is 0.273 e. The molecule has 6 nitrogen and oxygen atoms in total. The van der Waals surface area contributed by atoms with Gasteiger partial charge in [0.05, 0.1) is 16.8 Å². The predicted molar refractivity (Wildman–Crippen MR) is 82.5 cm³/mol. The molecular formula is C14H12BrN3O3. The van der Waals surface area contributed by atoms with Crippen molar-refractivity contribution < 1.29 is 9.72 Å². The summed E-state index contributed by atoms with van der Waals surface area (Å²) in [5.41, 5.74) is 1.94. The summed E-state index contributed by atoms with van der Waals surface area (Å²) in [6.45, 7) is 3.41. The average molecular weight is 350 g/mol. The highest BCUT2D eigenvalue weighted by molar-refractivity contribution is 9.10. The van der Waals surface area contributed by atoms with Crippen LogP contribution < -0.4 is 5.32 Å². The molecule has 0 aliphatic heterocycles. The summed E-state index contributed by atoms with van der Waals surface area (Å²) < 4.78 is 0.701. The van der Waals surface area contributed by atoms with Crippen molar-refractivity contribution in [2.75, 3.05) is 5.32 Å². The summed E-state index contributed by atoms with van der Waals surface area (Å²) in [5.74, 6) is -0.403. The van der Waals surface area contributed by atoms with Gasteiger partial charge in [-0.05, 0) is 47.5 Å². The number of nitro groups is 1. The van der Waals surface area contributed by atoms with Crippen LogP contribution in [0.1, 0.15) is 21.5 Å². The van der Waals surface area contributed by atoms with E-state index >= 15 is 0 Å². The van der Waals surface area contributed by atoms with Crippen molar-refractivity contribution >= 4 is 33.2 Å². The Morgan fingerprint density at radius 3 is 2.71 bits per heavy atom. The number of halogens is 1. The van der Waals surface area contributed by atoms with E-state index in [-0.39, 0.29) is 11.3 Å². The van der Waals surface area contributed by atoms with E-state index in [0.717, 1.165) is 5.56 Å². The lowest BCUT2D eigenvalue weighted by Gasteiger charge is -2.08. The number of benzene rings is 1. The van der Waals surface area contributed by atoms with Crippen molar-refractivity contribution in [3.8, 4) is 0 Å². The van der Waals surface area contributed by atoms with E-state index < -0.39 is 10.8 Å². The molecule has 0 spiro atoms. The average Bonchev–Trinajstić information content (AvgIpc) is 2.42. The van der Waals surface area contributed by atoms with E-state index in [4.69, 9.17) is 0 Å². The highest BCUT2D eigenvalue weighted by atomic mass is 79.9. The lowest BCUT2D eigenvalue weighted by molar-refractivity contribution is -0.385. The first-order valence-electron chi connectivity index (χ1n) is 6.07. The van der Waals surface area contributed by atoms with Gasteiger partial charge in [0.15, 0.2) is 0 Å². The predicted octanol–water partition coefficient (Wildman–Crippen LogP) is 3.62. The lowest BCUT2D eigenvalue weighted by Crippen LogP contribution is -2.14. The molecule has 0 unspecified atom stereocenters. The zero-order chi connectivity index (χ0) is 15.6. The van der Waals surface area contributed by atoms with E-state index in [1.165, 1.54) is 18.3 Å². The summed E-state index contributed by atoms with van der Waals surface area (Å²) in [5, 5.41) is 13.6. The number of pyridine rings is 1. The third kappa shape index (κ3) is 3.25. The van der Waals surface area contributed by atoms with Gasteiger partial charge in [0.2, 0.25) is 0 Å². The zero-order valence-corrected chi connectivity index (χ0v) is 13.0. The largest absolute Gasteiger partial charge is 0.321 e. The van der Waals surface area contributed by atoms with E-state index in [1.54, 1.807) is 19.1 Å². The van der Waals surface area contributed by atoms with Crippen LogP contribution in [0.3, 0.4) is 0 Å². The fourth-order valence-corrected chi connectivity index (χ4v) is 2.11. The van der Waals surface area contributed by atoms with Gasteiger partial charge < -0.3 is 5.32 Å². The number of rotatable bonds is 3. The molecule has 0 radical (unpaired) electrons. The van der Waals surface area contributed by atoms with Gasteiger partial charge in [0.1, 0.15) is 4.60 Å². The van der Waals surface area contributed by atoms with Crippen LogP contribution in [0.25, 0.3) is 0 Å². The van der Waals surface area contributed by atoms with E-state index in [0.29, 0.717) is 15.9 Å². The fraction of sp³-hybridized carbons (Fsp3) is 0.143. The molecule has 108 valence electrons. The Bertz CT molecular complexity index is 731. The minimum atomic E-state index is -0.503. The molecule has 0 fully saturated rings. The van der Waals surface area contributed by atoms with Crippen LogP contribution in [0.4, 0.5) is 11.4 Å². The van der Waals surface area contributed by atoms with Crippen LogP contribution >= 0.6 is 15.9 Å². The number of aryl methyl sites for hydroxylation is 1. The van der Waals surface area contributed by atoms with Crippen molar-refractivity contribution in [1.29, 1.82) is 0 Å². The quantitative estimate of drug-likeness (QED) is 0.520. The molecule has 21 heavy (non-hydrogen) atoms. The topological polar surface area (TPSA) is 85.1 Å². The van der Waals surface area contributed by atoms with Crippen molar-refractivity contribution in [2.24, 2.45) is 0 Å². The summed E-state index contributed by atoms with van der Waals surface area (Å²) in [7, 11) is 0. The molecule has 0 saturated carbocycles. The molecule has 0 aliphatic carbocycles. The highest BCUT2D eigenvalue weighted by Gasteiger charge is 2.18. The van der Waals surface area contributed by atoms with Crippen molar-refractivity contribution in [2.45, 2.75) is 13.8 Å². The second kappa shape index (κ2) is 6.01. The zero-order valence-electron chi connectivity index (χ0n) is 11.4. The number of nitrogens with one attached hydrogen (secondary N) is 1. The van der Waals surface area contributed by atoms with E-state index in [1.807, 2.05) is 6.92 Å². The van der Waals surface area contributed by atoms with Gasteiger partial charge in [-0.2, -0.15) is 0 Å². The number of nitro benzene ring substituents is 1. The first-order valence-corrected chi connectivity index (χ1v) is 6.87. The molecule has 0 saturated heterocycles. The molecule has 0 atom stereocenters. The Morgan fingerprint density at radius 1 is 1.38 bits per heavy atom.